The number of aromatic nitrogens is 2. The van der Waals surface area contributed by atoms with E-state index in [4.69, 9.17) is 10.5 Å². The van der Waals surface area contributed by atoms with Crippen LogP contribution < -0.4 is 11.1 Å². The molecule has 2 rings (SSSR count). The zero-order valence-electron chi connectivity index (χ0n) is 9.57. The van der Waals surface area contributed by atoms with Crippen molar-refractivity contribution in [2.24, 2.45) is 5.41 Å². The molecule has 3 N–H and O–H groups in total. The molecule has 1 aliphatic rings. The van der Waals surface area contributed by atoms with Crippen LogP contribution in [-0.2, 0) is 4.74 Å². The Hall–Kier alpha value is -1.36. The first-order chi connectivity index (χ1) is 7.74. The molecule has 1 aromatic heterocycles. The molecule has 5 nitrogen and oxygen atoms in total. The molecule has 1 fully saturated rings. The molecule has 0 aromatic carbocycles. The third kappa shape index (κ3) is 2.82. The van der Waals surface area contributed by atoms with Crippen LogP contribution in [0, 0.1) is 5.41 Å². The number of anilines is 2. The number of nitrogens with two attached hydrogens (primary N) is 1. The molecule has 1 heterocycles. The van der Waals surface area contributed by atoms with Gasteiger partial charge in [-0.2, -0.15) is 4.98 Å². The summed E-state index contributed by atoms with van der Waals surface area (Å²) < 4.78 is 5.12. The molecular weight excluding hydrogens is 204 g/mol. The number of ether oxygens (including phenoxy) is 1. The van der Waals surface area contributed by atoms with Gasteiger partial charge >= 0.3 is 0 Å². The van der Waals surface area contributed by atoms with Gasteiger partial charge in [0.25, 0.3) is 0 Å². The Kier molecular flexibility index (Phi) is 3.24. The fourth-order valence-corrected chi connectivity index (χ4v) is 1.76. The summed E-state index contributed by atoms with van der Waals surface area (Å²) in [6.07, 6.45) is 5.31. The van der Waals surface area contributed by atoms with E-state index in [9.17, 15) is 0 Å². The number of nitrogens with zero attached hydrogens (tertiary/aromatic N) is 2. The first kappa shape index (κ1) is 11.1. The maximum absolute atomic E-state index is 5.51. The highest BCUT2D eigenvalue weighted by Crippen LogP contribution is 2.48. The van der Waals surface area contributed by atoms with E-state index in [0.717, 1.165) is 25.4 Å². The Bertz CT molecular complexity index is 352. The average Bonchev–Trinajstić information content (AvgIpc) is 3.05. The van der Waals surface area contributed by atoms with E-state index in [1.54, 1.807) is 13.3 Å². The Balaban J connectivity index is 1.83. The first-order valence-corrected chi connectivity index (χ1v) is 5.55. The predicted octanol–water partition coefficient (Wildman–Crippen LogP) is 1.29. The van der Waals surface area contributed by atoms with Gasteiger partial charge in [0, 0.05) is 26.5 Å². The summed E-state index contributed by atoms with van der Waals surface area (Å²) >= 11 is 0. The monoisotopic (exact) mass is 222 g/mol. The van der Waals surface area contributed by atoms with Crippen molar-refractivity contribution < 1.29 is 4.74 Å². The van der Waals surface area contributed by atoms with Gasteiger partial charge in [0.1, 0.15) is 5.82 Å². The van der Waals surface area contributed by atoms with Crippen LogP contribution >= 0.6 is 0 Å². The Morgan fingerprint density at radius 3 is 3.00 bits per heavy atom. The largest absolute Gasteiger partial charge is 0.385 e. The normalized spacial score (nSPS) is 17.1. The molecule has 1 saturated carbocycles. The third-order valence-electron chi connectivity index (χ3n) is 3.11. The highest BCUT2D eigenvalue weighted by Gasteiger charge is 2.41. The number of hydrogen-bond acceptors (Lipinski definition) is 5. The minimum atomic E-state index is 0.312. The predicted molar refractivity (Wildman–Crippen MR) is 63.1 cm³/mol. The average molecular weight is 222 g/mol. The minimum Gasteiger partial charge on any atom is -0.385 e. The second kappa shape index (κ2) is 4.65. The lowest BCUT2D eigenvalue weighted by atomic mass is 10.0. The molecule has 0 saturated heterocycles. The zero-order chi connectivity index (χ0) is 11.4. The number of hydrogen-bond donors (Lipinski definition) is 2. The van der Waals surface area contributed by atoms with Crippen molar-refractivity contribution in [2.75, 3.05) is 31.3 Å². The fraction of sp³-hybridized carbons (Fsp3) is 0.636. The van der Waals surface area contributed by atoms with Crippen LogP contribution in [0.5, 0.6) is 0 Å². The lowest BCUT2D eigenvalue weighted by molar-refractivity contribution is 0.175. The molecule has 1 aliphatic carbocycles. The maximum atomic E-state index is 5.51. The van der Waals surface area contributed by atoms with Crippen molar-refractivity contribution >= 4 is 11.8 Å². The summed E-state index contributed by atoms with van der Waals surface area (Å²) in [6, 6.07) is 1.84. The summed E-state index contributed by atoms with van der Waals surface area (Å²) in [4.78, 5) is 7.96. The van der Waals surface area contributed by atoms with E-state index in [1.807, 2.05) is 6.07 Å². The van der Waals surface area contributed by atoms with Crippen molar-refractivity contribution in [1.29, 1.82) is 0 Å². The number of nitrogen functional groups attached to an aromatic ring is 1. The smallest absolute Gasteiger partial charge is 0.221 e. The molecule has 5 heteroatoms. The summed E-state index contributed by atoms with van der Waals surface area (Å²) in [6.45, 7) is 1.76. The van der Waals surface area contributed by atoms with E-state index < -0.39 is 0 Å². The molecule has 0 spiro atoms. The molecule has 88 valence electrons. The van der Waals surface area contributed by atoms with Crippen LogP contribution in [-0.4, -0.2) is 30.2 Å². The zero-order valence-corrected chi connectivity index (χ0v) is 9.57. The second-order valence-electron chi connectivity index (χ2n) is 4.40. The number of methoxy groups -OCH3 is 1. The highest BCUT2D eigenvalue weighted by atomic mass is 16.5. The Morgan fingerprint density at radius 2 is 2.38 bits per heavy atom. The van der Waals surface area contributed by atoms with Gasteiger partial charge in [-0.25, -0.2) is 4.98 Å². The van der Waals surface area contributed by atoms with Crippen molar-refractivity contribution in [2.45, 2.75) is 19.3 Å². The minimum absolute atomic E-state index is 0.312. The van der Waals surface area contributed by atoms with Crippen molar-refractivity contribution in [3.05, 3.63) is 12.3 Å². The van der Waals surface area contributed by atoms with Gasteiger partial charge in [-0.05, 0) is 30.7 Å². The van der Waals surface area contributed by atoms with Crippen molar-refractivity contribution in [3.63, 3.8) is 0 Å². The molecule has 0 amide bonds. The Morgan fingerprint density at radius 1 is 1.56 bits per heavy atom. The van der Waals surface area contributed by atoms with Crippen molar-refractivity contribution in [3.8, 4) is 0 Å². The van der Waals surface area contributed by atoms with Crippen LogP contribution in [0.1, 0.15) is 19.3 Å². The van der Waals surface area contributed by atoms with E-state index in [2.05, 4.69) is 15.3 Å². The van der Waals surface area contributed by atoms with Crippen molar-refractivity contribution in [1.82, 2.24) is 9.97 Å². The van der Waals surface area contributed by atoms with Gasteiger partial charge in [-0.15, -0.1) is 0 Å². The van der Waals surface area contributed by atoms with Gasteiger partial charge in [-0.3, -0.25) is 0 Å². The summed E-state index contributed by atoms with van der Waals surface area (Å²) in [7, 11) is 1.74. The quantitative estimate of drug-likeness (QED) is 0.758. The standard InChI is InChI=1S/C11H18N4O/c1-16-7-5-11(3-4-11)8-14-9-2-6-13-10(12)15-9/h2,6H,3-5,7-8H2,1H3,(H3,12,13,14,15). The van der Waals surface area contributed by atoms with Gasteiger partial charge < -0.3 is 15.8 Å². The summed E-state index contributed by atoms with van der Waals surface area (Å²) in [5, 5.41) is 3.31. The number of nitrogens with one attached hydrogen (secondary N) is 1. The van der Waals surface area contributed by atoms with Crippen LogP contribution in [0.4, 0.5) is 11.8 Å². The van der Waals surface area contributed by atoms with E-state index in [-0.39, 0.29) is 0 Å². The summed E-state index contributed by atoms with van der Waals surface area (Å²) in [5.74, 6) is 1.11. The fourth-order valence-electron chi connectivity index (χ4n) is 1.76. The highest BCUT2D eigenvalue weighted by molar-refractivity contribution is 5.37. The number of rotatable bonds is 6. The van der Waals surface area contributed by atoms with Crippen LogP contribution in [0.3, 0.4) is 0 Å². The van der Waals surface area contributed by atoms with Gasteiger partial charge in [0.2, 0.25) is 5.95 Å². The summed E-state index contributed by atoms with van der Waals surface area (Å²) in [5.41, 5.74) is 5.92. The molecule has 0 atom stereocenters. The van der Waals surface area contributed by atoms with E-state index in [1.165, 1.54) is 12.8 Å². The maximum Gasteiger partial charge on any atom is 0.221 e. The molecule has 0 aliphatic heterocycles. The third-order valence-corrected chi connectivity index (χ3v) is 3.11. The van der Waals surface area contributed by atoms with E-state index in [0.29, 0.717) is 11.4 Å². The molecule has 1 aromatic rings. The second-order valence-corrected chi connectivity index (χ2v) is 4.40. The lowest BCUT2D eigenvalue weighted by Crippen LogP contribution is -2.18. The Labute approximate surface area is 95.4 Å². The van der Waals surface area contributed by atoms with Crippen LogP contribution in [0.15, 0.2) is 12.3 Å². The van der Waals surface area contributed by atoms with Crippen LogP contribution in [0.25, 0.3) is 0 Å². The first-order valence-electron chi connectivity index (χ1n) is 5.55. The lowest BCUT2D eigenvalue weighted by Gasteiger charge is -2.15. The van der Waals surface area contributed by atoms with Crippen LogP contribution in [0.2, 0.25) is 0 Å². The molecular formula is C11H18N4O. The van der Waals surface area contributed by atoms with Gasteiger partial charge in [-0.1, -0.05) is 0 Å². The molecule has 0 unspecified atom stereocenters. The molecule has 0 radical (unpaired) electrons. The van der Waals surface area contributed by atoms with E-state index >= 15 is 0 Å². The SMILES string of the molecule is COCCC1(CNc2ccnc(N)n2)CC1. The molecule has 16 heavy (non-hydrogen) atoms. The topological polar surface area (TPSA) is 73.1 Å². The van der Waals surface area contributed by atoms with Gasteiger partial charge in [0.15, 0.2) is 0 Å². The molecule has 0 bridgehead atoms. The van der Waals surface area contributed by atoms with Gasteiger partial charge in [0.05, 0.1) is 0 Å².